The van der Waals surface area contributed by atoms with Crippen molar-refractivity contribution in [2.24, 2.45) is 0 Å². The van der Waals surface area contributed by atoms with Crippen LogP contribution in [0.4, 0.5) is 5.82 Å². The van der Waals surface area contributed by atoms with Crippen molar-refractivity contribution in [3.8, 4) is 11.3 Å². The van der Waals surface area contributed by atoms with E-state index in [1.54, 1.807) is 16.8 Å². The number of halogens is 3. The number of nitrogens with one attached hydrogen (secondary N) is 1. The smallest absolute Gasteiger partial charge is 0.343 e. The topological polar surface area (TPSA) is 66.3 Å². The number of benzene rings is 1. The molecule has 0 fully saturated rings. The van der Waals surface area contributed by atoms with Gasteiger partial charge in [-0.25, -0.2) is 4.98 Å². The first-order chi connectivity index (χ1) is 13.0. The van der Waals surface area contributed by atoms with E-state index in [-0.39, 0.29) is 10.2 Å². The van der Waals surface area contributed by atoms with Gasteiger partial charge >= 0.3 is 5.15 Å². The molecule has 9 heteroatoms. The monoisotopic (exact) mass is 464 g/mol. The summed E-state index contributed by atoms with van der Waals surface area (Å²) in [7, 11) is 0. The van der Waals surface area contributed by atoms with Crippen molar-refractivity contribution in [1.29, 1.82) is 0 Å². The van der Waals surface area contributed by atoms with Crippen LogP contribution in [0.3, 0.4) is 0 Å². The molecule has 1 aromatic carbocycles. The fraction of sp³-hybridized carbons (Fsp3) is 0.0556. The fourth-order valence-electron chi connectivity index (χ4n) is 2.69. The minimum atomic E-state index is 0.0640. The van der Waals surface area contributed by atoms with Gasteiger partial charge in [0.1, 0.15) is 10.8 Å². The molecular weight excluding hydrogens is 453 g/mol. The zero-order chi connectivity index (χ0) is 19.0. The molecule has 0 aliphatic carbocycles. The van der Waals surface area contributed by atoms with Crippen LogP contribution in [0, 0.1) is 0 Å². The molecule has 3 heterocycles. The first kappa shape index (κ1) is 18.0. The Kier molecular flexibility index (Phi) is 4.90. The van der Waals surface area contributed by atoms with Crippen LogP contribution in [0.5, 0.6) is 0 Å². The van der Waals surface area contributed by atoms with Crippen LogP contribution in [0.1, 0.15) is 5.56 Å². The van der Waals surface area contributed by atoms with E-state index >= 15 is 0 Å². The van der Waals surface area contributed by atoms with Gasteiger partial charge in [0.25, 0.3) is 0 Å². The van der Waals surface area contributed by atoms with Crippen molar-refractivity contribution >= 4 is 50.6 Å². The highest BCUT2D eigenvalue weighted by Crippen LogP contribution is 2.26. The van der Waals surface area contributed by atoms with Gasteiger partial charge in [0.05, 0.1) is 16.4 Å². The van der Waals surface area contributed by atoms with Gasteiger partial charge < -0.3 is 5.32 Å². The molecule has 4 rings (SSSR count). The van der Waals surface area contributed by atoms with Crippen molar-refractivity contribution < 1.29 is 9.94 Å². The summed E-state index contributed by atoms with van der Waals surface area (Å²) in [5.74, 6) is 0.750. The van der Waals surface area contributed by atoms with E-state index in [0.29, 0.717) is 12.2 Å². The summed E-state index contributed by atoms with van der Waals surface area (Å²) in [6.45, 7) is 0.405. The minimum absolute atomic E-state index is 0.0640. The van der Waals surface area contributed by atoms with Gasteiger partial charge in [-0.15, -0.1) is 0 Å². The SMILES string of the molecule is O[n+]1cc(CNc2cc(-c3ccccc3)nc3c(Br)cnn23)cc(Cl)c1Cl. The van der Waals surface area contributed by atoms with Crippen molar-refractivity contribution in [3.63, 3.8) is 0 Å². The van der Waals surface area contributed by atoms with Crippen LogP contribution in [-0.4, -0.2) is 19.8 Å². The number of hydrogen-bond donors (Lipinski definition) is 2. The average molecular weight is 466 g/mol. The lowest BCUT2D eigenvalue weighted by Gasteiger charge is -2.10. The Balaban J connectivity index is 1.72. The Morgan fingerprint density at radius 3 is 2.70 bits per heavy atom. The van der Waals surface area contributed by atoms with Gasteiger partial charge in [0.15, 0.2) is 5.65 Å². The normalized spacial score (nSPS) is 11.1. The maximum atomic E-state index is 9.78. The largest absolute Gasteiger partial charge is 0.366 e. The summed E-state index contributed by atoms with van der Waals surface area (Å²) in [6.07, 6.45) is 3.19. The lowest BCUT2D eigenvalue weighted by Crippen LogP contribution is -2.32. The van der Waals surface area contributed by atoms with E-state index < -0.39 is 0 Å². The lowest BCUT2D eigenvalue weighted by atomic mass is 10.1. The van der Waals surface area contributed by atoms with Gasteiger partial charge in [0.2, 0.25) is 6.20 Å². The van der Waals surface area contributed by atoms with E-state index in [1.807, 2.05) is 36.4 Å². The maximum Gasteiger partial charge on any atom is 0.343 e. The molecule has 0 radical (unpaired) electrons. The van der Waals surface area contributed by atoms with E-state index in [9.17, 15) is 5.21 Å². The fourth-order valence-corrected chi connectivity index (χ4v) is 3.37. The summed E-state index contributed by atoms with van der Waals surface area (Å²) >= 11 is 15.4. The molecule has 0 atom stereocenters. The predicted molar refractivity (Wildman–Crippen MR) is 107 cm³/mol. The highest BCUT2D eigenvalue weighted by Gasteiger charge is 2.16. The Morgan fingerprint density at radius 1 is 1.19 bits per heavy atom. The third-order valence-electron chi connectivity index (χ3n) is 3.97. The number of hydrogen-bond acceptors (Lipinski definition) is 4. The molecule has 2 N–H and O–H groups in total. The van der Waals surface area contributed by atoms with Gasteiger partial charge in [0, 0.05) is 28.5 Å². The van der Waals surface area contributed by atoms with Gasteiger partial charge in [-0.1, -0.05) is 41.9 Å². The second-order valence-electron chi connectivity index (χ2n) is 5.81. The number of nitrogens with zero attached hydrogens (tertiary/aromatic N) is 4. The van der Waals surface area contributed by atoms with E-state index in [2.05, 4.69) is 26.3 Å². The van der Waals surface area contributed by atoms with Crippen LogP contribution in [0.25, 0.3) is 16.9 Å². The standard InChI is InChI=1S/C18H13BrCl2N5O/c19-13-9-23-26-16(22-8-11-6-14(20)17(21)25(27)10-11)7-15(24-18(13)26)12-4-2-1-3-5-12/h1-7,9-10,22,27H,8H2/q+1. The molecule has 3 aromatic heterocycles. The predicted octanol–water partition coefficient (Wildman–Crippen LogP) is 4.60. The second-order valence-corrected chi connectivity index (χ2v) is 7.43. The number of pyridine rings is 1. The van der Waals surface area contributed by atoms with E-state index in [1.165, 1.54) is 6.20 Å². The summed E-state index contributed by atoms with van der Waals surface area (Å²) in [4.78, 5) is 4.69. The summed E-state index contributed by atoms with van der Waals surface area (Å²) < 4.78 is 3.30. The molecule has 0 aliphatic rings. The molecule has 0 saturated carbocycles. The molecule has 6 nitrogen and oxygen atoms in total. The molecule has 4 aromatic rings. The van der Waals surface area contributed by atoms with Crippen LogP contribution < -0.4 is 10.0 Å². The number of fused-ring (bicyclic) bond motifs is 1. The van der Waals surface area contributed by atoms with E-state index in [4.69, 9.17) is 28.2 Å². The van der Waals surface area contributed by atoms with Gasteiger partial charge in [-0.3, -0.25) is 5.21 Å². The molecule has 0 unspecified atom stereocenters. The van der Waals surface area contributed by atoms with Crippen molar-refractivity contribution in [2.45, 2.75) is 6.54 Å². The van der Waals surface area contributed by atoms with Gasteiger partial charge in [-0.2, -0.15) is 9.61 Å². The van der Waals surface area contributed by atoms with Crippen LogP contribution in [-0.2, 0) is 6.54 Å². The van der Waals surface area contributed by atoms with Crippen LogP contribution in [0.2, 0.25) is 10.2 Å². The average Bonchev–Trinajstić information content (AvgIpc) is 3.06. The molecule has 0 spiro atoms. The van der Waals surface area contributed by atoms with Crippen molar-refractivity contribution in [2.75, 3.05) is 5.32 Å². The first-order valence-electron chi connectivity index (χ1n) is 7.95. The van der Waals surface area contributed by atoms with Crippen LogP contribution in [0.15, 0.2) is 59.3 Å². The molecule has 0 saturated heterocycles. The van der Waals surface area contributed by atoms with Gasteiger partial charge in [-0.05, 0) is 33.6 Å². The van der Waals surface area contributed by atoms with E-state index in [0.717, 1.165) is 31.8 Å². The highest BCUT2D eigenvalue weighted by molar-refractivity contribution is 9.10. The van der Waals surface area contributed by atoms with Crippen molar-refractivity contribution in [3.05, 3.63) is 75.1 Å². The minimum Gasteiger partial charge on any atom is -0.366 e. The zero-order valence-corrected chi connectivity index (χ0v) is 16.9. The Labute approximate surface area is 173 Å². The maximum absolute atomic E-state index is 9.78. The Bertz CT molecular complexity index is 1110. The summed E-state index contributed by atoms with van der Waals surface area (Å²) in [5, 5.41) is 17.8. The zero-order valence-electron chi connectivity index (χ0n) is 13.8. The highest BCUT2D eigenvalue weighted by atomic mass is 79.9. The van der Waals surface area contributed by atoms with Crippen molar-refractivity contribution in [1.82, 2.24) is 14.6 Å². The molecule has 136 valence electrons. The molecule has 0 aliphatic heterocycles. The molecule has 27 heavy (non-hydrogen) atoms. The van der Waals surface area contributed by atoms with Crippen LogP contribution >= 0.6 is 39.1 Å². The number of anilines is 1. The quantitative estimate of drug-likeness (QED) is 0.262. The summed E-state index contributed by atoms with van der Waals surface area (Å²) in [6, 6.07) is 13.5. The Hall–Kier alpha value is -2.35. The third-order valence-corrected chi connectivity index (χ3v) is 5.29. The third kappa shape index (κ3) is 3.58. The lowest BCUT2D eigenvalue weighted by molar-refractivity contribution is -0.903. The molecule has 0 bridgehead atoms. The number of aromatic nitrogens is 4. The summed E-state index contributed by atoms with van der Waals surface area (Å²) in [5.41, 5.74) is 3.27. The number of rotatable bonds is 4. The first-order valence-corrected chi connectivity index (χ1v) is 9.50. The second kappa shape index (κ2) is 7.34. The Morgan fingerprint density at radius 2 is 1.96 bits per heavy atom. The molecule has 0 amide bonds. The molecular formula is C18H13BrCl2N5O+.